The lowest BCUT2D eigenvalue weighted by atomic mass is 10.1. The summed E-state index contributed by atoms with van der Waals surface area (Å²) < 4.78 is 0.529. The minimum Gasteiger partial charge on any atom is -0.508 e. The van der Waals surface area contributed by atoms with Crippen LogP contribution in [0.5, 0.6) is 11.5 Å². The summed E-state index contributed by atoms with van der Waals surface area (Å²) in [5.74, 6) is -0.122. The smallest absolute Gasteiger partial charge is 0.254 e. The highest BCUT2D eigenvalue weighted by atomic mass is 79.9. The van der Waals surface area contributed by atoms with Crippen molar-refractivity contribution in [2.24, 2.45) is 0 Å². The monoisotopic (exact) mass is 379 g/mol. The first kappa shape index (κ1) is 17.3. The Labute approximate surface area is 142 Å². The van der Waals surface area contributed by atoms with Crippen molar-refractivity contribution in [2.75, 3.05) is 13.6 Å². The van der Waals surface area contributed by atoms with Crippen LogP contribution in [-0.4, -0.2) is 39.7 Å². The van der Waals surface area contributed by atoms with Gasteiger partial charge in [0, 0.05) is 23.6 Å². The van der Waals surface area contributed by atoms with Crippen LogP contribution in [0.1, 0.15) is 21.5 Å². The number of carbonyl (C=O) groups is 1. The lowest BCUT2D eigenvalue weighted by Gasteiger charge is -2.18. The molecule has 0 bridgehead atoms. The Morgan fingerprint density at radius 1 is 1.17 bits per heavy atom. The first-order valence-corrected chi connectivity index (χ1v) is 7.87. The van der Waals surface area contributed by atoms with Gasteiger partial charge in [-0.3, -0.25) is 4.79 Å². The summed E-state index contributed by atoms with van der Waals surface area (Å²) in [6.07, 6.45) is 0.654. The van der Waals surface area contributed by atoms with Gasteiger partial charge in [0.05, 0.1) is 12.2 Å². The third-order valence-corrected chi connectivity index (χ3v) is 4.24. The molecule has 0 radical (unpaired) electrons. The number of rotatable bonds is 5. The summed E-state index contributed by atoms with van der Waals surface area (Å²) in [4.78, 5) is 14.0. The summed E-state index contributed by atoms with van der Waals surface area (Å²) in [5.41, 5.74) is 1.72. The fourth-order valence-electron chi connectivity index (χ4n) is 2.16. The van der Waals surface area contributed by atoms with E-state index in [0.717, 1.165) is 5.56 Å². The molecular formula is C17H18BrNO4. The topological polar surface area (TPSA) is 81.0 Å². The van der Waals surface area contributed by atoms with Crippen LogP contribution in [0.4, 0.5) is 0 Å². The molecule has 0 aliphatic carbocycles. The molecule has 2 rings (SSSR count). The number of hydrogen-bond acceptors (Lipinski definition) is 4. The van der Waals surface area contributed by atoms with Crippen LogP contribution in [0.2, 0.25) is 0 Å². The van der Waals surface area contributed by atoms with Crippen LogP contribution in [0.15, 0.2) is 40.9 Å². The molecule has 0 aromatic heterocycles. The summed E-state index contributed by atoms with van der Waals surface area (Å²) in [7, 11) is 1.69. The van der Waals surface area contributed by atoms with Gasteiger partial charge in [-0.1, -0.05) is 12.1 Å². The largest absolute Gasteiger partial charge is 0.508 e. The highest BCUT2D eigenvalue weighted by Crippen LogP contribution is 2.27. The third-order valence-electron chi connectivity index (χ3n) is 3.59. The molecule has 0 aliphatic heterocycles. The van der Waals surface area contributed by atoms with E-state index in [1.807, 2.05) is 12.1 Å². The number of nitrogens with zero attached hydrogens (tertiary/aromatic N) is 1. The highest BCUT2D eigenvalue weighted by molar-refractivity contribution is 9.10. The molecule has 5 nitrogen and oxygen atoms in total. The second kappa shape index (κ2) is 7.48. The predicted octanol–water partition coefficient (Wildman–Crippen LogP) is 2.67. The van der Waals surface area contributed by atoms with Crippen LogP contribution in [0, 0.1) is 0 Å². The predicted molar refractivity (Wildman–Crippen MR) is 90.5 cm³/mol. The quantitative estimate of drug-likeness (QED) is 0.745. The van der Waals surface area contributed by atoms with Gasteiger partial charge in [0.2, 0.25) is 0 Å². The maximum absolute atomic E-state index is 12.5. The van der Waals surface area contributed by atoms with E-state index in [-0.39, 0.29) is 24.0 Å². The molecule has 0 spiro atoms. The zero-order valence-electron chi connectivity index (χ0n) is 12.7. The van der Waals surface area contributed by atoms with Gasteiger partial charge in [0.25, 0.3) is 5.91 Å². The number of likely N-dealkylation sites (N-methyl/N-ethyl adjacent to an activating group) is 1. The Balaban J connectivity index is 2.07. The van der Waals surface area contributed by atoms with E-state index in [4.69, 9.17) is 5.11 Å². The first-order chi connectivity index (χ1) is 10.9. The number of phenols is 2. The fraction of sp³-hybridized carbons (Fsp3) is 0.235. The maximum Gasteiger partial charge on any atom is 0.254 e. The van der Waals surface area contributed by atoms with Crippen LogP contribution < -0.4 is 0 Å². The van der Waals surface area contributed by atoms with Crippen LogP contribution in [0.3, 0.4) is 0 Å². The van der Waals surface area contributed by atoms with Gasteiger partial charge in [-0.05, 0) is 52.2 Å². The Morgan fingerprint density at radius 3 is 2.43 bits per heavy atom. The van der Waals surface area contributed by atoms with Crippen molar-refractivity contribution in [3.05, 3.63) is 57.6 Å². The number of hydrogen-bond donors (Lipinski definition) is 3. The Morgan fingerprint density at radius 2 is 1.83 bits per heavy atom. The minimum absolute atomic E-state index is 0.106. The number of amides is 1. The van der Waals surface area contributed by atoms with E-state index in [1.54, 1.807) is 24.1 Å². The van der Waals surface area contributed by atoms with Crippen molar-refractivity contribution in [1.82, 2.24) is 4.90 Å². The van der Waals surface area contributed by atoms with Gasteiger partial charge in [-0.25, -0.2) is 0 Å². The average molecular weight is 380 g/mol. The van der Waals surface area contributed by atoms with Gasteiger partial charge < -0.3 is 20.2 Å². The SMILES string of the molecule is CN(CCc1ccc(O)cc1)C(=O)c1cc(O)c(CO)cc1Br. The second-order valence-corrected chi connectivity index (χ2v) is 6.12. The van der Waals surface area contributed by atoms with Crippen LogP contribution in [0.25, 0.3) is 0 Å². The average Bonchev–Trinajstić information content (AvgIpc) is 2.55. The molecule has 2 aromatic rings. The molecule has 0 saturated heterocycles. The molecule has 6 heteroatoms. The Hall–Kier alpha value is -2.05. The van der Waals surface area contributed by atoms with E-state index >= 15 is 0 Å². The summed E-state index contributed by atoms with van der Waals surface area (Å²) >= 11 is 3.30. The normalized spacial score (nSPS) is 10.6. The number of aliphatic hydroxyl groups excluding tert-OH is 1. The molecular weight excluding hydrogens is 362 g/mol. The Kier molecular flexibility index (Phi) is 5.63. The van der Waals surface area contributed by atoms with E-state index in [1.165, 1.54) is 12.1 Å². The zero-order chi connectivity index (χ0) is 17.0. The number of aliphatic hydroxyl groups is 1. The standard InChI is InChI=1S/C17H18BrNO4/c1-19(7-6-11-2-4-13(21)5-3-11)17(23)14-9-16(22)12(10-20)8-15(14)18/h2-5,8-9,20-22H,6-7,10H2,1H3. The van der Waals surface area contributed by atoms with Crippen molar-refractivity contribution in [3.8, 4) is 11.5 Å². The van der Waals surface area contributed by atoms with Crippen molar-refractivity contribution in [2.45, 2.75) is 13.0 Å². The summed E-state index contributed by atoms with van der Waals surface area (Å²) in [6.45, 7) is 0.203. The molecule has 0 heterocycles. The fourth-order valence-corrected chi connectivity index (χ4v) is 2.72. The van der Waals surface area contributed by atoms with Gasteiger partial charge in [-0.2, -0.15) is 0 Å². The van der Waals surface area contributed by atoms with Gasteiger partial charge in [0.1, 0.15) is 11.5 Å². The molecule has 3 N–H and O–H groups in total. The van der Waals surface area contributed by atoms with Gasteiger partial charge >= 0.3 is 0 Å². The molecule has 0 saturated carbocycles. The second-order valence-electron chi connectivity index (χ2n) is 5.26. The van der Waals surface area contributed by atoms with Gasteiger partial charge in [0.15, 0.2) is 0 Å². The lowest BCUT2D eigenvalue weighted by molar-refractivity contribution is 0.0795. The third kappa shape index (κ3) is 4.24. The Bertz CT molecular complexity index is 700. The maximum atomic E-state index is 12.5. The van der Waals surface area contributed by atoms with Crippen molar-refractivity contribution in [1.29, 1.82) is 0 Å². The van der Waals surface area contributed by atoms with Crippen molar-refractivity contribution < 1.29 is 20.1 Å². The van der Waals surface area contributed by atoms with Crippen LogP contribution >= 0.6 is 15.9 Å². The molecule has 122 valence electrons. The molecule has 0 unspecified atom stereocenters. The van der Waals surface area contributed by atoms with Crippen molar-refractivity contribution >= 4 is 21.8 Å². The first-order valence-electron chi connectivity index (χ1n) is 7.08. The number of aromatic hydroxyl groups is 2. The number of halogens is 1. The van der Waals surface area contributed by atoms with Crippen LogP contribution in [-0.2, 0) is 13.0 Å². The summed E-state index contributed by atoms with van der Waals surface area (Å²) in [5, 5.41) is 28.2. The molecule has 23 heavy (non-hydrogen) atoms. The van der Waals surface area contributed by atoms with Gasteiger partial charge in [-0.15, -0.1) is 0 Å². The van der Waals surface area contributed by atoms with E-state index in [9.17, 15) is 15.0 Å². The molecule has 0 atom stereocenters. The van der Waals surface area contributed by atoms with E-state index in [2.05, 4.69) is 15.9 Å². The minimum atomic E-state index is -0.296. The number of benzene rings is 2. The molecule has 0 aliphatic rings. The van der Waals surface area contributed by atoms with Crippen molar-refractivity contribution in [3.63, 3.8) is 0 Å². The number of carbonyl (C=O) groups excluding carboxylic acids is 1. The molecule has 1 amide bonds. The molecule has 0 fully saturated rings. The van der Waals surface area contributed by atoms with E-state index in [0.29, 0.717) is 28.6 Å². The summed E-state index contributed by atoms with van der Waals surface area (Å²) in [6, 6.07) is 9.74. The van der Waals surface area contributed by atoms with E-state index < -0.39 is 0 Å². The lowest BCUT2D eigenvalue weighted by Crippen LogP contribution is -2.29. The zero-order valence-corrected chi connectivity index (χ0v) is 14.2. The highest BCUT2D eigenvalue weighted by Gasteiger charge is 2.17. The molecule has 2 aromatic carbocycles. The number of phenolic OH excluding ortho intramolecular Hbond substituents is 1.